The molecule has 2 rings (SSSR count). The Morgan fingerprint density at radius 1 is 1.32 bits per heavy atom. The van der Waals surface area contributed by atoms with Crippen molar-refractivity contribution in [3.8, 4) is 0 Å². The second-order valence-corrected chi connectivity index (χ2v) is 6.75. The van der Waals surface area contributed by atoms with E-state index in [9.17, 15) is 0 Å². The molecule has 0 aliphatic heterocycles. The summed E-state index contributed by atoms with van der Waals surface area (Å²) in [5.74, 6) is 1.52. The fourth-order valence-electron chi connectivity index (χ4n) is 2.23. The zero-order chi connectivity index (χ0) is 14.0. The van der Waals surface area contributed by atoms with Gasteiger partial charge in [0.05, 0.1) is 5.39 Å². The van der Waals surface area contributed by atoms with Crippen LogP contribution in [0.1, 0.15) is 39.0 Å². The normalized spacial score (nSPS) is 13.2. The highest BCUT2D eigenvalue weighted by Gasteiger charge is 2.13. The van der Waals surface area contributed by atoms with Crippen LogP contribution in [0.2, 0.25) is 5.28 Å². The van der Waals surface area contributed by atoms with Crippen molar-refractivity contribution in [2.75, 3.05) is 5.32 Å². The molecule has 19 heavy (non-hydrogen) atoms. The van der Waals surface area contributed by atoms with E-state index in [1.165, 1.54) is 4.88 Å². The van der Waals surface area contributed by atoms with E-state index in [1.807, 2.05) is 0 Å². The molecule has 0 amide bonds. The smallest absolute Gasteiger partial charge is 0.225 e. The summed E-state index contributed by atoms with van der Waals surface area (Å²) < 4.78 is 0. The number of anilines is 1. The lowest BCUT2D eigenvalue weighted by Crippen LogP contribution is -2.18. The van der Waals surface area contributed by atoms with Crippen LogP contribution < -0.4 is 5.32 Å². The van der Waals surface area contributed by atoms with Gasteiger partial charge in [0.25, 0.3) is 0 Å². The number of nitrogens with one attached hydrogen (secondary N) is 1. The van der Waals surface area contributed by atoms with Gasteiger partial charge < -0.3 is 5.32 Å². The molecule has 1 N–H and O–H groups in total. The third kappa shape index (κ3) is 3.57. The highest BCUT2D eigenvalue weighted by molar-refractivity contribution is 7.18. The highest BCUT2D eigenvalue weighted by Crippen LogP contribution is 2.30. The van der Waals surface area contributed by atoms with E-state index in [0.717, 1.165) is 28.9 Å². The Bertz CT molecular complexity index is 565. The largest absolute Gasteiger partial charge is 0.367 e. The molecular formula is C14H20ClN3S. The lowest BCUT2D eigenvalue weighted by molar-refractivity contribution is 0.539. The summed E-state index contributed by atoms with van der Waals surface area (Å²) >= 11 is 7.70. The number of rotatable bonds is 5. The molecule has 3 nitrogen and oxygen atoms in total. The van der Waals surface area contributed by atoms with E-state index in [4.69, 9.17) is 11.6 Å². The minimum absolute atomic E-state index is 0.316. The Labute approximate surface area is 123 Å². The highest BCUT2D eigenvalue weighted by atomic mass is 35.5. The van der Waals surface area contributed by atoms with Gasteiger partial charge in [0.1, 0.15) is 10.6 Å². The second-order valence-electron chi connectivity index (χ2n) is 5.30. The topological polar surface area (TPSA) is 37.8 Å². The average molecular weight is 298 g/mol. The second kappa shape index (κ2) is 6.06. The third-order valence-corrected chi connectivity index (χ3v) is 4.32. The molecule has 2 aromatic rings. The zero-order valence-electron chi connectivity index (χ0n) is 11.8. The maximum absolute atomic E-state index is 6.01. The fourth-order valence-corrected chi connectivity index (χ4v) is 3.42. The molecule has 5 heteroatoms. The SMILES string of the molecule is CCc1cc2c(NC(C)CC(C)C)nc(Cl)nc2s1. The van der Waals surface area contributed by atoms with Crippen molar-refractivity contribution in [1.82, 2.24) is 9.97 Å². The Morgan fingerprint density at radius 2 is 2.05 bits per heavy atom. The van der Waals surface area contributed by atoms with Crippen LogP contribution in [0.25, 0.3) is 10.2 Å². The van der Waals surface area contributed by atoms with Gasteiger partial charge in [0, 0.05) is 10.9 Å². The van der Waals surface area contributed by atoms with Gasteiger partial charge in [-0.2, -0.15) is 0 Å². The summed E-state index contributed by atoms with van der Waals surface area (Å²) in [4.78, 5) is 10.9. The van der Waals surface area contributed by atoms with Crippen molar-refractivity contribution in [3.63, 3.8) is 0 Å². The predicted octanol–water partition coefficient (Wildman–Crippen LogP) is 4.75. The van der Waals surface area contributed by atoms with Gasteiger partial charge in [-0.1, -0.05) is 20.8 Å². The van der Waals surface area contributed by atoms with Crippen molar-refractivity contribution in [3.05, 3.63) is 16.2 Å². The maximum Gasteiger partial charge on any atom is 0.225 e. The number of thiophene rings is 1. The first kappa shape index (κ1) is 14.5. The van der Waals surface area contributed by atoms with Gasteiger partial charge in [-0.25, -0.2) is 9.97 Å². The molecule has 0 saturated carbocycles. The summed E-state index contributed by atoms with van der Waals surface area (Å²) in [7, 11) is 0. The summed E-state index contributed by atoms with van der Waals surface area (Å²) in [6.07, 6.45) is 2.12. The Kier molecular flexibility index (Phi) is 4.63. The number of aromatic nitrogens is 2. The van der Waals surface area contributed by atoms with E-state index in [1.54, 1.807) is 11.3 Å². The molecule has 0 aromatic carbocycles. The Balaban J connectivity index is 2.33. The molecule has 104 valence electrons. The molecule has 1 unspecified atom stereocenters. The first-order valence-corrected chi connectivity index (χ1v) is 7.91. The van der Waals surface area contributed by atoms with Crippen LogP contribution in [0, 0.1) is 5.92 Å². The first-order valence-electron chi connectivity index (χ1n) is 6.72. The monoisotopic (exact) mass is 297 g/mol. The molecule has 0 aliphatic rings. The molecule has 2 heterocycles. The van der Waals surface area contributed by atoms with Crippen LogP contribution >= 0.6 is 22.9 Å². The van der Waals surface area contributed by atoms with E-state index >= 15 is 0 Å². The third-order valence-electron chi connectivity index (χ3n) is 2.97. The number of fused-ring (bicyclic) bond motifs is 1. The van der Waals surface area contributed by atoms with E-state index in [0.29, 0.717) is 17.2 Å². The van der Waals surface area contributed by atoms with E-state index in [-0.39, 0.29) is 0 Å². The molecule has 0 radical (unpaired) electrons. The molecule has 0 fully saturated rings. The summed E-state index contributed by atoms with van der Waals surface area (Å²) in [5, 5.41) is 4.87. The molecule has 0 saturated heterocycles. The van der Waals surface area contributed by atoms with Crippen molar-refractivity contribution in [2.24, 2.45) is 5.92 Å². The molecule has 2 aromatic heterocycles. The molecular weight excluding hydrogens is 278 g/mol. The van der Waals surface area contributed by atoms with Crippen molar-refractivity contribution in [2.45, 2.75) is 46.6 Å². The van der Waals surface area contributed by atoms with Crippen LogP contribution in [0.5, 0.6) is 0 Å². The van der Waals surface area contributed by atoms with Crippen molar-refractivity contribution < 1.29 is 0 Å². The van der Waals surface area contributed by atoms with Gasteiger partial charge in [-0.05, 0) is 43.4 Å². The number of halogens is 1. The predicted molar refractivity (Wildman–Crippen MR) is 84.3 cm³/mol. The molecule has 0 aliphatic carbocycles. The van der Waals surface area contributed by atoms with Gasteiger partial charge in [0.15, 0.2) is 0 Å². The van der Waals surface area contributed by atoms with Gasteiger partial charge in [-0.3, -0.25) is 0 Å². The quantitative estimate of drug-likeness (QED) is 0.809. The number of hydrogen-bond donors (Lipinski definition) is 1. The zero-order valence-corrected chi connectivity index (χ0v) is 13.4. The minimum atomic E-state index is 0.316. The number of aryl methyl sites for hydroxylation is 1. The maximum atomic E-state index is 6.01. The van der Waals surface area contributed by atoms with Crippen LogP contribution in [0.4, 0.5) is 5.82 Å². The molecule has 0 bridgehead atoms. The van der Waals surface area contributed by atoms with Gasteiger partial charge in [0.2, 0.25) is 5.28 Å². The van der Waals surface area contributed by atoms with Crippen LogP contribution in [-0.2, 0) is 6.42 Å². The molecule has 1 atom stereocenters. The lowest BCUT2D eigenvalue weighted by atomic mass is 10.1. The Hall–Kier alpha value is -0.870. The van der Waals surface area contributed by atoms with Crippen LogP contribution in [-0.4, -0.2) is 16.0 Å². The van der Waals surface area contributed by atoms with Crippen molar-refractivity contribution in [1.29, 1.82) is 0 Å². The van der Waals surface area contributed by atoms with E-state index < -0.39 is 0 Å². The standard InChI is InChI=1S/C14H20ClN3S/c1-5-10-7-11-12(16-9(4)6-8(2)3)17-14(15)18-13(11)19-10/h7-9H,5-6H2,1-4H3,(H,16,17,18). The minimum Gasteiger partial charge on any atom is -0.367 e. The van der Waals surface area contributed by atoms with E-state index in [2.05, 4.69) is 49.0 Å². The average Bonchev–Trinajstić information content (AvgIpc) is 2.70. The van der Waals surface area contributed by atoms with Gasteiger partial charge in [-0.15, -0.1) is 11.3 Å². The van der Waals surface area contributed by atoms with Gasteiger partial charge >= 0.3 is 0 Å². The molecule has 0 spiro atoms. The number of nitrogens with zero attached hydrogens (tertiary/aromatic N) is 2. The van der Waals surface area contributed by atoms with Crippen LogP contribution in [0.15, 0.2) is 6.07 Å². The lowest BCUT2D eigenvalue weighted by Gasteiger charge is -2.17. The Morgan fingerprint density at radius 3 is 2.68 bits per heavy atom. The summed E-state index contributed by atoms with van der Waals surface area (Å²) in [5.41, 5.74) is 0. The number of hydrogen-bond acceptors (Lipinski definition) is 4. The first-order chi connectivity index (χ1) is 8.99. The van der Waals surface area contributed by atoms with Crippen LogP contribution in [0.3, 0.4) is 0 Å². The fraction of sp³-hybridized carbons (Fsp3) is 0.571. The summed E-state index contributed by atoms with van der Waals surface area (Å²) in [6, 6.07) is 2.54. The summed E-state index contributed by atoms with van der Waals surface area (Å²) in [6.45, 7) is 8.77. The van der Waals surface area contributed by atoms with Crippen molar-refractivity contribution >= 4 is 39.0 Å².